The van der Waals surface area contributed by atoms with Crippen molar-refractivity contribution in [3.8, 4) is 0 Å². The molecule has 0 aliphatic rings. The van der Waals surface area contributed by atoms with E-state index in [1.807, 2.05) is 13.8 Å². The Hall–Kier alpha value is -0.900. The third-order valence-corrected chi connectivity index (χ3v) is 2.81. The molecule has 1 amide bonds. The van der Waals surface area contributed by atoms with Crippen molar-refractivity contribution in [3.05, 3.63) is 34.1 Å². The molecule has 0 aliphatic carbocycles. The standard InChI is InChI=1S/C11H13BrFNO/c1-3-7(2)14-11(15)8-4-5-9(12)10(13)6-8/h4-7H,3H2,1-2H3,(H,14,15). The summed E-state index contributed by atoms with van der Waals surface area (Å²) in [5.74, 6) is -0.664. The number of nitrogens with one attached hydrogen (secondary N) is 1. The molecule has 1 aromatic rings. The van der Waals surface area contributed by atoms with Crippen LogP contribution in [-0.4, -0.2) is 11.9 Å². The Labute approximate surface area is 97.0 Å². The van der Waals surface area contributed by atoms with Crippen LogP contribution in [0.2, 0.25) is 0 Å². The van der Waals surface area contributed by atoms with Gasteiger partial charge in [-0.2, -0.15) is 0 Å². The fourth-order valence-corrected chi connectivity index (χ4v) is 1.29. The zero-order valence-electron chi connectivity index (χ0n) is 8.68. The molecule has 0 saturated carbocycles. The summed E-state index contributed by atoms with van der Waals surface area (Å²) in [5, 5.41) is 2.77. The highest BCUT2D eigenvalue weighted by molar-refractivity contribution is 9.10. The van der Waals surface area contributed by atoms with E-state index in [2.05, 4.69) is 21.2 Å². The molecule has 1 rings (SSSR count). The van der Waals surface area contributed by atoms with Gasteiger partial charge in [0.1, 0.15) is 5.82 Å². The number of rotatable bonds is 3. The number of halogens is 2. The summed E-state index contributed by atoms with van der Waals surface area (Å²) in [4.78, 5) is 11.6. The third kappa shape index (κ3) is 3.30. The quantitative estimate of drug-likeness (QED) is 0.901. The molecule has 82 valence electrons. The average Bonchev–Trinajstić information content (AvgIpc) is 2.21. The van der Waals surface area contributed by atoms with Crippen LogP contribution in [-0.2, 0) is 0 Å². The van der Waals surface area contributed by atoms with Crippen LogP contribution in [0.3, 0.4) is 0 Å². The maximum atomic E-state index is 13.1. The Morgan fingerprint density at radius 3 is 2.80 bits per heavy atom. The Morgan fingerprint density at radius 1 is 1.60 bits per heavy atom. The highest BCUT2D eigenvalue weighted by Gasteiger charge is 2.10. The van der Waals surface area contributed by atoms with Crippen molar-refractivity contribution in [2.45, 2.75) is 26.3 Å². The van der Waals surface area contributed by atoms with Gasteiger partial charge in [-0.25, -0.2) is 4.39 Å². The number of amides is 1. The van der Waals surface area contributed by atoms with Crippen molar-refractivity contribution in [3.63, 3.8) is 0 Å². The highest BCUT2D eigenvalue weighted by atomic mass is 79.9. The Kier molecular flexibility index (Phi) is 4.27. The van der Waals surface area contributed by atoms with Crippen LogP contribution in [0, 0.1) is 5.82 Å². The van der Waals surface area contributed by atoms with E-state index in [0.717, 1.165) is 6.42 Å². The summed E-state index contributed by atoms with van der Waals surface area (Å²) in [5.41, 5.74) is 0.344. The van der Waals surface area contributed by atoms with Crippen LogP contribution < -0.4 is 5.32 Å². The van der Waals surface area contributed by atoms with Gasteiger partial charge in [0, 0.05) is 11.6 Å². The van der Waals surface area contributed by atoms with Crippen LogP contribution in [0.25, 0.3) is 0 Å². The summed E-state index contributed by atoms with van der Waals surface area (Å²) in [6.45, 7) is 3.89. The Bertz CT molecular complexity index is 368. The van der Waals surface area contributed by atoms with Crippen LogP contribution in [0.5, 0.6) is 0 Å². The summed E-state index contributed by atoms with van der Waals surface area (Å²) in [6.07, 6.45) is 0.852. The van der Waals surface area contributed by atoms with Crippen LogP contribution in [0.15, 0.2) is 22.7 Å². The lowest BCUT2D eigenvalue weighted by Crippen LogP contribution is -2.31. The SMILES string of the molecule is CCC(C)NC(=O)c1ccc(Br)c(F)c1. The van der Waals surface area contributed by atoms with Crippen molar-refractivity contribution < 1.29 is 9.18 Å². The number of benzene rings is 1. The topological polar surface area (TPSA) is 29.1 Å². The van der Waals surface area contributed by atoms with Gasteiger partial charge in [0.25, 0.3) is 5.91 Å². The molecule has 0 radical (unpaired) electrons. The minimum Gasteiger partial charge on any atom is -0.350 e. The first-order valence-electron chi connectivity index (χ1n) is 4.80. The van der Waals surface area contributed by atoms with E-state index in [4.69, 9.17) is 0 Å². The molecule has 1 unspecified atom stereocenters. The lowest BCUT2D eigenvalue weighted by atomic mass is 10.2. The molecule has 0 bridgehead atoms. The smallest absolute Gasteiger partial charge is 0.251 e. The maximum Gasteiger partial charge on any atom is 0.251 e. The molecular formula is C11H13BrFNO. The lowest BCUT2D eigenvalue weighted by Gasteiger charge is -2.11. The molecule has 0 heterocycles. The molecule has 0 fully saturated rings. The molecule has 2 nitrogen and oxygen atoms in total. The molecular weight excluding hydrogens is 261 g/mol. The molecule has 1 N–H and O–H groups in total. The average molecular weight is 274 g/mol. The number of carbonyl (C=O) groups is 1. The Balaban J connectivity index is 2.78. The Morgan fingerprint density at radius 2 is 2.27 bits per heavy atom. The van der Waals surface area contributed by atoms with Gasteiger partial charge in [-0.3, -0.25) is 4.79 Å². The van der Waals surface area contributed by atoms with Gasteiger partial charge >= 0.3 is 0 Å². The van der Waals surface area contributed by atoms with Gasteiger partial charge in [-0.05, 0) is 47.5 Å². The molecule has 0 spiro atoms. The second-order valence-corrected chi connectivity index (χ2v) is 4.27. The van der Waals surface area contributed by atoms with Crippen LogP contribution in [0.4, 0.5) is 4.39 Å². The molecule has 0 saturated heterocycles. The van der Waals surface area contributed by atoms with Gasteiger partial charge < -0.3 is 5.32 Å². The third-order valence-electron chi connectivity index (χ3n) is 2.17. The van der Waals surface area contributed by atoms with Gasteiger partial charge in [-0.1, -0.05) is 6.92 Å². The van der Waals surface area contributed by atoms with Gasteiger partial charge in [-0.15, -0.1) is 0 Å². The van der Waals surface area contributed by atoms with Gasteiger partial charge in [0.05, 0.1) is 4.47 Å². The van der Waals surface area contributed by atoms with Crippen molar-refractivity contribution >= 4 is 21.8 Å². The summed E-state index contributed by atoms with van der Waals surface area (Å²) in [7, 11) is 0. The van der Waals surface area contributed by atoms with E-state index in [1.165, 1.54) is 12.1 Å². The largest absolute Gasteiger partial charge is 0.350 e. The van der Waals surface area contributed by atoms with E-state index in [0.29, 0.717) is 10.0 Å². The van der Waals surface area contributed by atoms with Crippen molar-refractivity contribution in [1.29, 1.82) is 0 Å². The maximum absolute atomic E-state index is 13.1. The molecule has 1 atom stereocenters. The van der Waals surface area contributed by atoms with Crippen LogP contribution in [0.1, 0.15) is 30.6 Å². The predicted octanol–water partition coefficient (Wildman–Crippen LogP) is 3.12. The highest BCUT2D eigenvalue weighted by Crippen LogP contribution is 2.16. The molecule has 15 heavy (non-hydrogen) atoms. The van der Waals surface area contributed by atoms with E-state index in [1.54, 1.807) is 6.07 Å². The molecule has 0 aliphatic heterocycles. The molecule has 4 heteroatoms. The number of hydrogen-bond donors (Lipinski definition) is 1. The molecule has 0 aromatic heterocycles. The summed E-state index contributed by atoms with van der Waals surface area (Å²) >= 11 is 3.04. The second-order valence-electron chi connectivity index (χ2n) is 3.41. The van der Waals surface area contributed by atoms with E-state index in [9.17, 15) is 9.18 Å². The van der Waals surface area contributed by atoms with E-state index >= 15 is 0 Å². The van der Waals surface area contributed by atoms with Crippen LogP contribution >= 0.6 is 15.9 Å². The molecule has 1 aromatic carbocycles. The van der Waals surface area contributed by atoms with Crippen molar-refractivity contribution in [2.24, 2.45) is 0 Å². The van der Waals surface area contributed by atoms with E-state index in [-0.39, 0.29) is 11.9 Å². The normalized spacial score (nSPS) is 12.3. The number of carbonyl (C=O) groups excluding carboxylic acids is 1. The fourth-order valence-electron chi connectivity index (χ4n) is 1.05. The van der Waals surface area contributed by atoms with E-state index < -0.39 is 5.82 Å². The number of hydrogen-bond acceptors (Lipinski definition) is 1. The van der Waals surface area contributed by atoms with Crippen molar-refractivity contribution in [1.82, 2.24) is 5.32 Å². The zero-order valence-corrected chi connectivity index (χ0v) is 10.3. The lowest BCUT2D eigenvalue weighted by molar-refractivity contribution is 0.0939. The monoisotopic (exact) mass is 273 g/mol. The van der Waals surface area contributed by atoms with Crippen molar-refractivity contribution in [2.75, 3.05) is 0 Å². The minimum absolute atomic E-state index is 0.101. The second kappa shape index (κ2) is 5.26. The summed E-state index contributed by atoms with van der Waals surface area (Å²) < 4.78 is 13.5. The fraction of sp³-hybridized carbons (Fsp3) is 0.364. The summed E-state index contributed by atoms with van der Waals surface area (Å²) in [6, 6.07) is 4.44. The predicted molar refractivity (Wildman–Crippen MR) is 61.3 cm³/mol. The van der Waals surface area contributed by atoms with Gasteiger partial charge in [0.2, 0.25) is 0 Å². The first kappa shape index (κ1) is 12.2. The first-order chi connectivity index (χ1) is 7.04. The first-order valence-corrected chi connectivity index (χ1v) is 5.59. The minimum atomic E-state index is -0.424. The zero-order chi connectivity index (χ0) is 11.4. The van der Waals surface area contributed by atoms with Gasteiger partial charge in [0.15, 0.2) is 0 Å².